The molecule has 0 radical (unpaired) electrons. The van der Waals surface area contributed by atoms with Crippen LogP contribution in [0.3, 0.4) is 0 Å². The van der Waals surface area contributed by atoms with Crippen LogP contribution in [0, 0.1) is 0 Å². The van der Waals surface area contributed by atoms with E-state index in [1.807, 2.05) is 0 Å². The second-order valence-corrected chi connectivity index (χ2v) is 24.2. The molecule has 1 atom stereocenters. The number of carbonyl (C=O) groups is 3. The van der Waals surface area contributed by atoms with Gasteiger partial charge in [0.2, 0.25) is 0 Å². The molecular weight excluding hydrogens is 937 g/mol. The van der Waals surface area contributed by atoms with Crippen LogP contribution in [-0.2, 0) is 28.6 Å². The van der Waals surface area contributed by atoms with Crippen molar-refractivity contribution in [3.05, 3.63) is 0 Å². The lowest BCUT2D eigenvalue weighted by Crippen LogP contribution is -2.30. The van der Waals surface area contributed by atoms with Gasteiger partial charge in [0.25, 0.3) is 0 Å². The molecule has 0 fully saturated rings. The van der Waals surface area contributed by atoms with E-state index in [1.54, 1.807) is 0 Å². The van der Waals surface area contributed by atoms with Crippen molar-refractivity contribution in [3.8, 4) is 0 Å². The molecule has 0 bridgehead atoms. The Morgan fingerprint density at radius 3 is 0.526 bits per heavy atom. The van der Waals surface area contributed by atoms with Crippen LogP contribution in [-0.4, -0.2) is 37.2 Å². The smallest absolute Gasteiger partial charge is 0.306 e. The van der Waals surface area contributed by atoms with Gasteiger partial charge in [0, 0.05) is 19.3 Å². The highest BCUT2D eigenvalue weighted by atomic mass is 16.6. The Morgan fingerprint density at radius 1 is 0.211 bits per heavy atom. The van der Waals surface area contributed by atoms with E-state index in [0.29, 0.717) is 19.3 Å². The van der Waals surface area contributed by atoms with E-state index in [4.69, 9.17) is 14.2 Å². The Labute approximate surface area is 476 Å². The Balaban J connectivity index is 4.06. The molecule has 0 rings (SSSR count). The summed E-state index contributed by atoms with van der Waals surface area (Å²) in [5.41, 5.74) is 0. The molecule has 76 heavy (non-hydrogen) atoms. The Bertz CT molecular complexity index is 1140. The number of carbonyl (C=O) groups excluding carboxylic acids is 3. The molecule has 0 aliphatic heterocycles. The van der Waals surface area contributed by atoms with Gasteiger partial charge in [-0.05, 0) is 19.3 Å². The molecule has 0 aliphatic carbocycles. The lowest BCUT2D eigenvalue weighted by molar-refractivity contribution is -0.167. The predicted octanol–water partition coefficient (Wildman–Crippen LogP) is 23.8. The van der Waals surface area contributed by atoms with Crippen LogP contribution in [0.1, 0.15) is 412 Å². The van der Waals surface area contributed by atoms with Crippen LogP contribution in [0.4, 0.5) is 0 Å². The normalized spacial score (nSPS) is 11.9. The van der Waals surface area contributed by atoms with Crippen molar-refractivity contribution < 1.29 is 28.6 Å². The Kier molecular flexibility index (Phi) is 64.5. The Morgan fingerprint density at radius 2 is 0.355 bits per heavy atom. The Hall–Kier alpha value is -1.59. The molecule has 0 aromatic heterocycles. The van der Waals surface area contributed by atoms with Crippen molar-refractivity contribution in [2.24, 2.45) is 0 Å². The third kappa shape index (κ3) is 63.2. The monoisotopic (exact) mass is 1070 g/mol. The van der Waals surface area contributed by atoms with E-state index >= 15 is 0 Å². The average molecular weight is 1070 g/mol. The summed E-state index contributed by atoms with van der Waals surface area (Å²) in [5, 5.41) is 0. The minimum absolute atomic E-state index is 0.0608. The minimum Gasteiger partial charge on any atom is -0.462 e. The van der Waals surface area contributed by atoms with E-state index in [0.717, 1.165) is 57.8 Å². The number of unbranched alkanes of at least 4 members (excludes halogenated alkanes) is 55. The summed E-state index contributed by atoms with van der Waals surface area (Å²) >= 11 is 0. The second kappa shape index (κ2) is 65.9. The van der Waals surface area contributed by atoms with Crippen LogP contribution < -0.4 is 0 Å². The first-order valence-electron chi connectivity index (χ1n) is 35.0. The summed E-state index contributed by atoms with van der Waals surface area (Å²) in [6.45, 7) is 6.72. The third-order valence-corrected chi connectivity index (χ3v) is 16.4. The van der Waals surface area contributed by atoms with Gasteiger partial charge in [0.15, 0.2) is 6.10 Å². The van der Waals surface area contributed by atoms with Crippen LogP contribution in [0.15, 0.2) is 0 Å². The molecule has 0 aliphatic rings. The first-order chi connectivity index (χ1) is 37.5. The van der Waals surface area contributed by atoms with E-state index in [2.05, 4.69) is 20.8 Å². The topological polar surface area (TPSA) is 78.9 Å². The second-order valence-electron chi connectivity index (χ2n) is 24.2. The zero-order valence-electron chi connectivity index (χ0n) is 52.1. The van der Waals surface area contributed by atoms with Gasteiger partial charge >= 0.3 is 17.9 Å². The molecule has 0 aromatic carbocycles. The van der Waals surface area contributed by atoms with E-state index in [9.17, 15) is 14.4 Å². The summed E-state index contributed by atoms with van der Waals surface area (Å²) in [6.07, 6.45) is 77.3. The molecule has 0 aromatic rings. The highest BCUT2D eigenvalue weighted by Gasteiger charge is 2.19. The van der Waals surface area contributed by atoms with Crippen molar-refractivity contribution in [2.75, 3.05) is 13.2 Å². The molecule has 0 N–H and O–H groups in total. The van der Waals surface area contributed by atoms with Gasteiger partial charge in [-0.2, -0.15) is 0 Å². The molecule has 1 unspecified atom stereocenters. The molecule has 6 nitrogen and oxygen atoms in total. The molecule has 0 spiro atoms. The molecular formula is C70H136O6. The standard InChI is InChI=1S/C70H136O6/c1-4-7-10-13-16-19-21-23-25-27-29-31-32-33-34-35-36-37-39-40-42-44-46-48-51-54-57-60-63-69(72)75-66-67(65-74-68(71)62-59-56-53-50-18-15-12-9-6-3)76-70(73)64-61-58-55-52-49-47-45-43-41-38-30-28-26-24-22-20-17-14-11-8-5-2/h67H,4-66H2,1-3H3. The SMILES string of the molecule is CCCCCCCCCCCCCCCCCCCCCCCCCCCCCCC(=O)OCC(COC(=O)CCCCCCCCCCC)OC(=O)CCCCCCCCCCCCCCCCCCCCCCC. The molecule has 0 saturated heterocycles. The van der Waals surface area contributed by atoms with Gasteiger partial charge < -0.3 is 14.2 Å². The number of hydrogen-bond acceptors (Lipinski definition) is 6. The van der Waals surface area contributed by atoms with Crippen LogP contribution in [0.25, 0.3) is 0 Å². The van der Waals surface area contributed by atoms with Gasteiger partial charge in [-0.1, -0.05) is 374 Å². The largest absolute Gasteiger partial charge is 0.462 e. The van der Waals surface area contributed by atoms with Crippen molar-refractivity contribution in [1.29, 1.82) is 0 Å². The van der Waals surface area contributed by atoms with Gasteiger partial charge in [0.1, 0.15) is 13.2 Å². The highest BCUT2D eigenvalue weighted by molar-refractivity contribution is 5.71. The van der Waals surface area contributed by atoms with Crippen LogP contribution in [0.2, 0.25) is 0 Å². The molecule has 452 valence electrons. The summed E-state index contributed by atoms with van der Waals surface area (Å²) < 4.78 is 16.9. The van der Waals surface area contributed by atoms with Gasteiger partial charge in [0.05, 0.1) is 0 Å². The zero-order valence-corrected chi connectivity index (χ0v) is 52.1. The first-order valence-corrected chi connectivity index (χ1v) is 35.0. The van der Waals surface area contributed by atoms with Crippen LogP contribution in [0.5, 0.6) is 0 Å². The maximum atomic E-state index is 12.9. The lowest BCUT2D eigenvalue weighted by atomic mass is 10.0. The highest BCUT2D eigenvalue weighted by Crippen LogP contribution is 2.19. The van der Waals surface area contributed by atoms with Crippen molar-refractivity contribution in [2.45, 2.75) is 419 Å². The number of rotatable bonds is 66. The minimum atomic E-state index is -0.762. The maximum absolute atomic E-state index is 12.9. The number of hydrogen-bond donors (Lipinski definition) is 0. The fraction of sp³-hybridized carbons (Fsp3) is 0.957. The molecule has 6 heteroatoms. The first kappa shape index (κ1) is 74.4. The quantitative estimate of drug-likeness (QED) is 0.0343. The van der Waals surface area contributed by atoms with Crippen LogP contribution >= 0.6 is 0 Å². The van der Waals surface area contributed by atoms with E-state index in [1.165, 1.54) is 315 Å². The van der Waals surface area contributed by atoms with Crippen molar-refractivity contribution in [3.63, 3.8) is 0 Å². The van der Waals surface area contributed by atoms with Gasteiger partial charge in [-0.3, -0.25) is 14.4 Å². The molecule has 0 heterocycles. The summed E-state index contributed by atoms with van der Waals surface area (Å²) in [4.78, 5) is 38.2. The van der Waals surface area contributed by atoms with Crippen molar-refractivity contribution >= 4 is 17.9 Å². The fourth-order valence-corrected chi connectivity index (χ4v) is 11.1. The van der Waals surface area contributed by atoms with Gasteiger partial charge in [-0.25, -0.2) is 0 Å². The summed E-state index contributed by atoms with van der Waals surface area (Å²) in [5.74, 6) is -0.827. The summed E-state index contributed by atoms with van der Waals surface area (Å²) in [6, 6.07) is 0. The predicted molar refractivity (Wildman–Crippen MR) is 330 cm³/mol. The maximum Gasteiger partial charge on any atom is 0.306 e. The number of ether oxygens (including phenoxy) is 3. The van der Waals surface area contributed by atoms with E-state index in [-0.39, 0.29) is 31.1 Å². The zero-order chi connectivity index (χ0) is 55.0. The fourth-order valence-electron chi connectivity index (χ4n) is 11.1. The van der Waals surface area contributed by atoms with E-state index < -0.39 is 6.10 Å². The van der Waals surface area contributed by atoms with Gasteiger partial charge in [-0.15, -0.1) is 0 Å². The summed E-state index contributed by atoms with van der Waals surface area (Å²) in [7, 11) is 0. The molecule has 0 saturated carbocycles. The van der Waals surface area contributed by atoms with Crippen molar-refractivity contribution in [1.82, 2.24) is 0 Å². The average Bonchev–Trinajstić information content (AvgIpc) is 3.42. The third-order valence-electron chi connectivity index (χ3n) is 16.4. The number of esters is 3. The lowest BCUT2D eigenvalue weighted by Gasteiger charge is -2.18. The molecule has 0 amide bonds.